The topological polar surface area (TPSA) is 66.9 Å². The first-order chi connectivity index (χ1) is 10.3. The number of thiophene rings is 1. The summed E-state index contributed by atoms with van der Waals surface area (Å²) < 4.78 is 0. The van der Waals surface area contributed by atoms with Crippen molar-refractivity contribution in [1.82, 2.24) is 15.3 Å². The molecule has 2 aromatic heterocycles. The second kappa shape index (κ2) is 5.26. The third kappa shape index (κ3) is 2.60. The van der Waals surface area contributed by atoms with Gasteiger partial charge in [0.2, 0.25) is 5.91 Å². The largest absolute Gasteiger partial charge is 0.360 e. The van der Waals surface area contributed by atoms with Crippen LogP contribution in [0, 0.1) is 0 Å². The van der Waals surface area contributed by atoms with Gasteiger partial charge in [-0.05, 0) is 44.1 Å². The standard InChI is InChI=1S/C15H18N4OS/c20-12(19-9-5-6-9)7-16-14-13-10-3-1-2-4-11(10)21-15(13)18-8-17-14/h8-9H,1-7H2,(H,19,20)(H,16,17,18). The predicted octanol–water partition coefficient (Wildman–Crippen LogP) is 2.26. The second-order valence-electron chi connectivity index (χ2n) is 5.81. The molecule has 2 N–H and O–H groups in total. The zero-order valence-corrected chi connectivity index (χ0v) is 12.6. The van der Waals surface area contributed by atoms with E-state index in [2.05, 4.69) is 20.6 Å². The number of rotatable bonds is 4. The number of hydrogen-bond donors (Lipinski definition) is 2. The molecule has 0 bridgehead atoms. The van der Waals surface area contributed by atoms with E-state index in [9.17, 15) is 4.79 Å². The van der Waals surface area contributed by atoms with Gasteiger partial charge in [-0.15, -0.1) is 11.3 Å². The highest BCUT2D eigenvalue weighted by Gasteiger charge is 2.23. The molecule has 0 saturated heterocycles. The lowest BCUT2D eigenvalue weighted by molar-refractivity contribution is -0.119. The summed E-state index contributed by atoms with van der Waals surface area (Å²) in [6.07, 6.45) is 8.56. The van der Waals surface area contributed by atoms with Crippen molar-refractivity contribution in [1.29, 1.82) is 0 Å². The van der Waals surface area contributed by atoms with Gasteiger partial charge in [0, 0.05) is 10.9 Å². The first-order valence-corrected chi connectivity index (χ1v) is 8.41. The lowest BCUT2D eigenvalue weighted by Crippen LogP contribution is -2.31. The van der Waals surface area contributed by atoms with Crippen molar-refractivity contribution in [2.75, 3.05) is 11.9 Å². The minimum absolute atomic E-state index is 0.0494. The molecule has 2 heterocycles. The Kier molecular flexibility index (Phi) is 3.25. The van der Waals surface area contributed by atoms with Crippen LogP contribution in [0.25, 0.3) is 10.2 Å². The van der Waals surface area contributed by atoms with Gasteiger partial charge in [-0.1, -0.05) is 0 Å². The van der Waals surface area contributed by atoms with Gasteiger partial charge in [-0.2, -0.15) is 0 Å². The van der Waals surface area contributed by atoms with E-state index in [0.29, 0.717) is 6.04 Å². The van der Waals surface area contributed by atoms with Crippen LogP contribution < -0.4 is 10.6 Å². The number of amides is 1. The van der Waals surface area contributed by atoms with Gasteiger partial charge < -0.3 is 10.6 Å². The molecule has 1 amide bonds. The molecule has 5 nitrogen and oxygen atoms in total. The van der Waals surface area contributed by atoms with Gasteiger partial charge in [0.05, 0.1) is 11.9 Å². The van der Waals surface area contributed by atoms with Gasteiger partial charge in [-0.3, -0.25) is 4.79 Å². The van der Waals surface area contributed by atoms with Crippen LogP contribution in [-0.2, 0) is 17.6 Å². The maximum Gasteiger partial charge on any atom is 0.239 e. The Morgan fingerprint density at radius 3 is 3.00 bits per heavy atom. The summed E-state index contributed by atoms with van der Waals surface area (Å²) in [5.74, 6) is 0.860. The predicted molar refractivity (Wildman–Crippen MR) is 83.7 cm³/mol. The fraction of sp³-hybridized carbons (Fsp3) is 0.533. The summed E-state index contributed by atoms with van der Waals surface area (Å²) in [4.78, 5) is 23.1. The molecule has 1 saturated carbocycles. The van der Waals surface area contributed by atoms with E-state index in [1.165, 1.54) is 23.3 Å². The Morgan fingerprint density at radius 2 is 2.14 bits per heavy atom. The monoisotopic (exact) mass is 302 g/mol. The lowest BCUT2D eigenvalue weighted by atomic mass is 9.97. The Balaban J connectivity index is 1.58. The van der Waals surface area contributed by atoms with Crippen LogP contribution in [0.3, 0.4) is 0 Å². The third-order valence-corrected chi connectivity index (χ3v) is 5.31. The number of carbonyl (C=O) groups excluding carboxylic acids is 1. The quantitative estimate of drug-likeness (QED) is 0.909. The number of carbonyl (C=O) groups is 1. The molecular weight excluding hydrogens is 284 g/mol. The molecule has 2 aliphatic carbocycles. The highest BCUT2D eigenvalue weighted by molar-refractivity contribution is 7.19. The Bertz CT molecular complexity index is 692. The normalized spacial score (nSPS) is 17.5. The van der Waals surface area contributed by atoms with E-state index >= 15 is 0 Å². The summed E-state index contributed by atoms with van der Waals surface area (Å²) in [5, 5.41) is 7.32. The molecule has 4 rings (SSSR count). The SMILES string of the molecule is O=C(CNc1ncnc2sc3c(c12)CCCC3)NC1CC1. The van der Waals surface area contributed by atoms with Crippen molar-refractivity contribution in [2.24, 2.45) is 0 Å². The molecule has 1 fully saturated rings. The number of fused-ring (bicyclic) bond motifs is 3. The van der Waals surface area contributed by atoms with E-state index in [0.717, 1.165) is 41.7 Å². The lowest BCUT2D eigenvalue weighted by Gasteiger charge is -2.12. The molecular formula is C15H18N4OS. The van der Waals surface area contributed by atoms with Crippen molar-refractivity contribution in [3.05, 3.63) is 16.8 Å². The van der Waals surface area contributed by atoms with Gasteiger partial charge in [-0.25, -0.2) is 9.97 Å². The molecule has 0 aliphatic heterocycles. The van der Waals surface area contributed by atoms with Crippen LogP contribution >= 0.6 is 11.3 Å². The molecule has 0 spiro atoms. The molecule has 0 aromatic carbocycles. The Labute approximate surface area is 127 Å². The van der Waals surface area contributed by atoms with Gasteiger partial charge in [0.15, 0.2) is 0 Å². The summed E-state index contributed by atoms with van der Waals surface area (Å²) in [6.45, 7) is 0.285. The average Bonchev–Trinajstić information content (AvgIpc) is 3.22. The molecule has 2 aromatic rings. The summed E-state index contributed by atoms with van der Waals surface area (Å²) in [7, 11) is 0. The molecule has 110 valence electrons. The van der Waals surface area contributed by atoms with Gasteiger partial charge in [0.25, 0.3) is 0 Å². The summed E-state index contributed by atoms with van der Waals surface area (Å²) in [6, 6.07) is 0.402. The number of nitrogens with zero attached hydrogens (tertiary/aromatic N) is 2. The number of nitrogens with one attached hydrogen (secondary N) is 2. The first-order valence-electron chi connectivity index (χ1n) is 7.60. The molecule has 0 radical (unpaired) electrons. The van der Waals surface area contributed by atoms with Crippen molar-refractivity contribution in [3.63, 3.8) is 0 Å². The van der Waals surface area contributed by atoms with Crippen molar-refractivity contribution in [3.8, 4) is 0 Å². The van der Waals surface area contributed by atoms with Crippen LogP contribution in [0.4, 0.5) is 5.82 Å². The van der Waals surface area contributed by atoms with Gasteiger partial charge >= 0.3 is 0 Å². The smallest absolute Gasteiger partial charge is 0.239 e. The first kappa shape index (κ1) is 13.0. The van der Waals surface area contributed by atoms with Crippen molar-refractivity contribution >= 4 is 33.3 Å². The van der Waals surface area contributed by atoms with E-state index in [4.69, 9.17) is 0 Å². The highest BCUT2D eigenvalue weighted by atomic mass is 32.1. The van der Waals surface area contributed by atoms with Crippen LogP contribution in [0.15, 0.2) is 6.33 Å². The summed E-state index contributed by atoms with van der Waals surface area (Å²) in [5.41, 5.74) is 1.40. The number of aryl methyl sites for hydroxylation is 2. The minimum atomic E-state index is 0.0494. The van der Waals surface area contributed by atoms with Crippen molar-refractivity contribution < 1.29 is 4.79 Å². The Morgan fingerprint density at radius 1 is 1.29 bits per heavy atom. The highest BCUT2D eigenvalue weighted by Crippen LogP contribution is 2.37. The number of aromatic nitrogens is 2. The maximum absolute atomic E-state index is 11.8. The molecule has 21 heavy (non-hydrogen) atoms. The number of hydrogen-bond acceptors (Lipinski definition) is 5. The van der Waals surface area contributed by atoms with E-state index in [-0.39, 0.29) is 12.5 Å². The van der Waals surface area contributed by atoms with Crippen LogP contribution in [0.2, 0.25) is 0 Å². The fourth-order valence-corrected chi connectivity index (χ4v) is 4.12. The molecule has 0 atom stereocenters. The fourth-order valence-electron chi connectivity index (χ4n) is 2.89. The van der Waals surface area contributed by atoms with E-state index in [1.807, 2.05) is 0 Å². The maximum atomic E-state index is 11.8. The van der Waals surface area contributed by atoms with E-state index < -0.39 is 0 Å². The van der Waals surface area contributed by atoms with E-state index in [1.54, 1.807) is 17.7 Å². The minimum Gasteiger partial charge on any atom is -0.360 e. The van der Waals surface area contributed by atoms with Crippen molar-refractivity contribution in [2.45, 2.75) is 44.6 Å². The average molecular weight is 302 g/mol. The van der Waals surface area contributed by atoms with Crippen LogP contribution in [-0.4, -0.2) is 28.5 Å². The molecule has 6 heteroatoms. The zero-order chi connectivity index (χ0) is 14.2. The third-order valence-electron chi connectivity index (χ3n) is 4.11. The van der Waals surface area contributed by atoms with Crippen LogP contribution in [0.1, 0.15) is 36.1 Å². The zero-order valence-electron chi connectivity index (χ0n) is 11.8. The second-order valence-corrected chi connectivity index (χ2v) is 6.89. The van der Waals surface area contributed by atoms with Gasteiger partial charge in [0.1, 0.15) is 17.0 Å². The number of anilines is 1. The molecule has 2 aliphatic rings. The molecule has 0 unspecified atom stereocenters. The Hall–Kier alpha value is -1.69. The summed E-state index contributed by atoms with van der Waals surface area (Å²) >= 11 is 1.78. The van der Waals surface area contributed by atoms with Crippen LogP contribution in [0.5, 0.6) is 0 Å².